The Morgan fingerprint density at radius 1 is 0.933 bits per heavy atom. The van der Waals surface area contributed by atoms with Crippen LogP contribution in [0.1, 0.15) is 27.7 Å². The second kappa shape index (κ2) is 3.90. The number of hydrogen-bond donors (Lipinski definition) is 0. The van der Waals surface area contributed by atoms with E-state index in [9.17, 15) is 0 Å². The van der Waals surface area contributed by atoms with E-state index in [4.69, 9.17) is 9.31 Å². The molecule has 1 fully saturated rings. The lowest BCUT2D eigenvalue weighted by Crippen LogP contribution is -2.41. The molecule has 0 bridgehead atoms. The van der Waals surface area contributed by atoms with E-state index >= 15 is 0 Å². The first-order valence-corrected chi connectivity index (χ1v) is 9.60. The van der Waals surface area contributed by atoms with Crippen molar-refractivity contribution in [1.82, 2.24) is 0 Å². The van der Waals surface area contributed by atoms with Crippen molar-refractivity contribution in [3.8, 4) is 0 Å². The molecule has 1 rings (SSSR count). The summed E-state index contributed by atoms with van der Waals surface area (Å²) in [7, 11) is -0.976. The Morgan fingerprint density at radius 2 is 1.33 bits per heavy atom. The van der Waals surface area contributed by atoms with Gasteiger partial charge in [0.2, 0.25) is 0 Å². The zero-order valence-corrected chi connectivity index (χ0v) is 12.3. The summed E-state index contributed by atoms with van der Waals surface area (Å²) in [5, 5.41) is 0. The summed E-state index contributed by atoms with van der Waals surface area (Å²) in [6.07, 6.45) is 1.04. The molecular weight excluding hydrogens is 203 g/mol. The van der Waals surface area contributed by atoms with Crippen LogP contribution in [0, 0.1) is 0 Å². The second-order valence-corrected chi connectivity index (χ2v) is 12.4. The van der Waals surface area contributed by atoms with Gasteiger partial charge >= 0.3 is 7.12 Å². The molecule has 0 aromatic rings. The van der Waals surface area contributed by atoms with Crippen LogP contribution >= 0.6 is 0 Å². The largest absolute Gasteiger partial charge is 0.457 e. The minimum atomic E-state index is -0.977. The quantitative estimate of drug-likeness (QED) is 0.689. The summed E-state index contributed by atoms with van der Waals surface area (Å²) < 4.78 is 11.9. The zero-order valence-electron chi connectivity index (χ0n) is 11.3. The number of hydrogen-bond acceptors (Lipinski definition) is 2. The lowest BCUT2D eigenvalue weighted by atomic mass is 9.86. The minimum absolute atomic E-state index is 0.00160. The van der Waals surface area contributed by atoms with Crippen molar-refractivity contribution in [2.24, 2.45) is 0 Å². The molecule has 15 heavy (non-hydrogen) atoms. The summed E-state index contributed by atoms with van der Waals surface area (Å²) in [4.78, 5) is 0. The van der Waals surface area contributed by atoms with Gasteiger partial charge in [-0.2, -0.15) is 0 Å². The monoisotopic (exact) mass is 228 g/mol. The highest BCUT2D eigenvalue weighted by Crippen LogP contribution is 2.38. The highest BCUT2D eigenvalue weighted by Gasteiger charge is 2.50. The van der Waals surface area contributed by atoms with Crippen LogP contribution in [0.2, 0.25) is 32.0 Å². The first kappa shape index (κ1) is 13.3. The van der Waals surface area contributed by atoms with Gasteiger partial charge in [-0.15, -0.1) is 0 Å². The molecule has 0 spiro atoms. The van der Waals surface area contributed by atoms with Crippen molar-refractivity contribution < 1.29 is 9.31 Å². The molecule has 0 amide bonds. The fourth-order valence-corrected chi connectivity index (χ4v) is 2.74. The Bertz CT molecular complexity index is 217. The van der Waals surface area contributed by atoms with Crippen LogP contribution in [0.25, 0.3) is 0 Å². The van der Waals surface area contributed by atoms with Crippen molar-refractivity contribution in [3.05, 3.63) is 0 Å². The molecule has 1 aliphatic heterocycles. The Morgan fingerprint density at radius 3 is 1.67 bits per heavy atom. The molecule has 0 saturated carbocycles. The van der Waals surface area contributed by atoms with Crippen LogP contribution < -0.4 is 0 Å². The zero-order chi connectivity index (χ0) is 11.9. The molecule has 1 aliphatic rings. The van der Waals surface area contributed by atoms with Gasteiger partial charge in [0.25, 0.3) is 0 Å². The third-order valence-electron chi connectivity index (χ3n) is 3.43. The molecule has 1 heterocycles. The minimum Gasteiger partial charge on any atom is -0.403 e. The van der Waals surface area contributed by atoms with Gasteiger partial charge in [-0.3, -0.25) is 0 Å². The van der Waals surface area contributed by atoms with Crippen LogP contribution in [-0.2, 0) is 9.31 Å². The van der Waals surface area contributed by atoms with E-state index in [1.165, 1.54) is 6.04 Å². The van der Waals surface area contributed by atoms with E-state index in [-0.39, 0.29) is 18.3 Å². The van der Waals surface area contributed by atoms with E-state index in [1.54, 1.807) is 0 Å². The van der Waals surface area contributed by atoms with Gasteiger partial charge in [-0.05, 0) is 34.0 Å². The molecule has 4 heteroatoms. The SMILES string of the molecule is CC1(C)OB(CC[Si](C)(C)C)OC1(C)C. The van der Waals surface area contributed by atoms with Crippen molar-refractivity contribution in [2.45, 2.75) is 70.9 Å². The summed E-state index contributed by atoms with van der Waals surface area (Å²) in [6.45, 7) is 15.6. The fraction of sp³-hybridized carbons (Fsp3) is 1.00. The summed E-state index contributed by atoms with van der Waals surface area (Å²) in [5.74, 6) is 0. The molecule has 0 unspecified atom stereocenters. The second-order valence-electron chi connectivity index (χ2n) is 6.79. The highest BCUT2D eigenvalue weighted by molar-refractivity contribution is 6.77. The van der Waals surface area contributed by atoms with E-state index in [0.29, 0.717) is 0 Å². The predicted octanol–water partition coefficient (Wildman–Crippen LogP) is 3.42. The van der Waals surface area contributed by atoms with E-state index in [2.05, 4.69) is 47.3 Å². The average Bonchev–Trinajstić information content (AvgIpc) is 2.16. The summed E-state index contributed by atoms with van der Waals surface area (Å²) in [5.41, 5.74) is -0.339. The van der Waals surface area contributed by atoms with Crippen LogP contribution in [-0.4, -0.2) is 26.4 Å². The molecular formula is C11H25BO2Si. The summed E-state index contributed by atoms with van der Waals surface area (Å²) in [6, 6.07) is 1.27. The van der Waals surface area contributed by atoms with Gasteiger partial charge in [0.1, 0.15) is 0 Å². The van der Waals surface area contributed by atoms with E-state index in [1.807, 2.05) is 0 Å². The lowest BCUT2D eigenvalue weighted by Gasteiger charge is -2.32. The topological polar surface area (TPSA) is 18.5 Å². The van der Waals surface area contributed by atoms with Crippen LogP contribution in [0.3, 0.4) is 0 Å². The van der Waals surface area contributed by atoms with Crippen molar-refractivity contribution in [2.75, 3.05) is 0 Å². The average molecular weight is 228 g/mol. The van der Waals surface area contributed by atoms with Crippen molar-refractivity contribution in [1.29, 1.82) is 0 Å². The molecule has 2 nitrogen and oxygen atoms in total. The predicted molar refractivity (Wildman–Crippen MR) is 69.0 cm³/mol. The molecule has 88 valence electrons. The standard InChI is InChI=1S/C11H25BO2Si/c1-10(2)11(3,4)14-12(13-10)8-9-15(5,6)7/h8-9H2,1-7H3. The van der Waals surface area contributed by atoms with Gasteiger partial charge in [0.05, 0.1) is 11.2 Å². The van der Waals surface area contributed by atoms with Crippen molar-refractivity contribution >= 4 is 15.2 Å². The maximum atomic E-state index is 5.96. The van der Waals surface area contributed by atoms with Gasteiger partial charge in [0.15, 0.2) is 0 Å². The third kappa shape index (κ3) is 3.33. The molecule has 1 saturated heterocycles. The fourth-order valence-electron chi connectivity index (χ4n) is 1.63. The third-order valence-corrected chi connectivity index (χ3v) is 5.22. The maximum Gasteiger partial charge on any atom is 0.457 e. The first-order valence-electron chi connectivity index (χ1n) is 5.89. The van der Waals surface area contributed by atoms with Crippen LogP contribution in [0.4, 0.5) is 0 Å². The molecule has 0 aromatic carbocycles. The highest BCUT2D eigenvalue weighted by atomic mass is 28.3. The smallest absolute Gasteiger partial charge is 0.403 e. The van der Waals surface area contributed by atoms with E-state index < -0.39 is 8.07 Å². The van der Waals surface area contributed by atoms with Crippen LogP contribution in [0.15, 0.2) is 0 Å². The molecule has 0 radical (unpaired) electrons. The van der Waals surface area contributed by atoms with Gasteiger partial charge < -0.3 is 9.31 Å². The molecule has 0 N–H and O–H groups in total. The molecule has 0 atom stereocenters. The maximum absolute atomic E-state index is 5.96. The molecule has 0 aliphatic carbocycles. The first-order chi connectivity index (χ1) is 6.54. The van der Waals surface area contributed by atoms with Gasteiger partial charge in [-0.25, -0.2) is 0 Å². The molecule has 0 aromatic heterocycles. The van der Waals surface area contributed by atoms with Crippen molar-refractivity contribution in [3.63, 3.8) is 0 Å². The van der Waals surface area contributed by atoms with E-state index in [0.717, 1.165) is 6.32 Å². The Labute approximate surface area is 95.9 Å². The Hall–Kier alpha value is 0.202. The van der Waals surface area contributed by atoms with Gasteiger partial charge in [-0.1, -0.05) is 25.7 Å². The van der Waals surface area contributed by atoms with Crippen LogP contribution in [0.5, 0.6) is 0 Å². The van der Waals surface area contributed by atoms with Gasteiger partial charge in [0, 0.05) is 8.07 Å². The Balaban J connectivity index is 2.50. The lowest BCUT2D eigenvalue weighted by molar-refractivity contribution is 0.00578. The summed E-state index contributed by atoms with van der Waals surface area (Å²) >= 11 is 0. The Kier molecular flexibility index (Phi) is 3.45. The normalized spacial score (nSPS) is 24.6. The number of rotatable bonds is 3.